The highest BCUT2D eigenvalue weighted by Gasteiger charge is 2.42. The van der Waals surface area contributed by atoms with Crippen molar-refractivity contribution >= 4 is 40.5 Å². The van der Waals surface area contributed by atoms with E-state index >= 15 is 0 Å². The number of pyridine rings is 1. The van der Waals surface area contributed by atoms with Crippen molar-refractivity contribution in [2.75, 3.05) is 13.2 Å². The van der Waals surface area contributed by atoms with Gasteiger partial charge in [-0.3, -0.25) is 4.98 Å². The molecule has 5 rings (SSSR count). The lowest BCUT2D eigenvalue weighted by Gasteiger charge is -2.30. The topological polar surface area (TPSA) is 42.3 Å². The van der Waals surface area contributed by atoms with E-state index in [1.165, 1.54) is 5.56 Å². The van der Waals surface area contributed by atoms with Crippen molar-refractivity contribution in [1.82, 2.24) is 19.8 Å². The van der Waals surface area contributed by atoms with Crippen LogP contribution in [0.3, 0.4) is 0 Å². The van der Waals surface area contributed by atoms with Gasteiger partial charge in [-0.1, -0.05) is 29.3 Å². The maximum Gasteiger partial charge on any atom is 0.170 e. The fourth-order valence-electron chi connectivity index (χ4n) is 5.07. The number of nitrogens with zero attached hydrogens (tertiary/aromatic N) is 3. The Bertz CT molecular complexity index is 1180. The van der Waals surface area contributed by atoms with Crippen LogP contribution in [0.1, 0.15) is 47.6 Å². The molecule has 2 aromatic heterocycles. The number of halogens is 2. The molecule has 172 valence electrons. The normalized spacial score (nSPS) is 22.7. The molecule has 5 nitrogen and oxygen atoms in total. The lowest BCUT2D eigenvalue weighted by Crippen LogP contribution is -2.36. The number of rotatable bonds is 5. The summed E-state index contributed by atoms with van der Waals surface area (Å²) in [5, 5.41) is 5.52. The van der Waals surface area contributed by atoms with E-state index in [-0.39, 0.29) is 18.2 Å². The molecule has 2 aliphatic heterocycles. The van der Waals surface area contributed by atoms with Gasteiger partial charge in [0.1, 0.15) is 0 Å². The van der Waals surface area contributed by atoms with Crippen LogP contribution in [0.4, 0.5) is 0 Å². The first-order chi connectivity index (χ1) is 15.9. The molecule has 4 heterocycles. The smallest absolute Gasteiger partial charge is 0.170 e. The van der Waals surface area contributed by atoms with Crippen LogP contribution < -0.4 is 5.32 Å². The fraction of sp³-hybridized carbons (Fsp3) is 0.360. The summed E-state index contributed by atoms with van der Waals surface area (Å²) in [6, 6.07) is 13.8. The van der Waals surface area contributed by atoms with E-state index in [0.29, 0.717) is 10.0 Å². The second-order valence-electron chi connectivity index (χ2n) is 8.67. The predicted molar refractivity (Wildman–Crippen MR) is 136 cm³/mol. The molecule has 0 bridgehead atoms. The first-order valence-corrected chi connectivity index (χ1v) is 12.3. The van der Waals surface area contributed by atoms with Crippen molar-refractivity contribution in [1.29, 1.82) is 0 Å². The minimum Gasteiger partial charge on any atom is -0.376 e. The van der Waals surface area contributed by atoms with Gasteiger partial charge in [-0.2, -0.15) is 0 Å². The van der Waals surface area contributed by atoms with Crippen LogP contribution in [-0.2, 0) is 4.74 Å². The molecule has 0 radical (unpaired) electrons. The average Bonchev–Trinajstić information content (AvgIpc) is 3.49. The largest absolute Gasteiger partial charge is 0.376 e. The van der Waals surface area contributed by atoms with Crippen LogP contribution in [0.15, 0.2) is 48.7 Å². The molecule has 0 aliphatic carbocycles. The maximum absolute atomic E-state index is 6.59. The average molecular weight is 501 g/mol. The summed E-state index contributed by atoms with van der Waals surface area (Å²) in [7, 11) is 0. The Kier molecular flexibility index (Phi) is 6.36. The Balaban J connectivity index is 1.60. The molecular weight excluding hydrogens is 475 g/mol. The third-order valence-electron chi connectivity index (χ3n) is 6.56. The Morgan fingerprint density at radius 1 is 1.18 bits per heavy atom. The Labute approximate surface area is 209 Å². The summed E-state index contributed by atoms with van der Waals surface area (Å²) in [4.78, 5) is 6.93. The van der Waals surface area contributed by atoms with E-state index in [9.17, 15) is 0 Å². The third-order valence-corrected chi connectivity index (χ3v) is 7.45. The van der Waals surface area contributed by atoms with Gasteiger partial charge < -0.3 is 19.5 Å². The highest BCUT2D eigenvalue weighted by molar-refractivity contribution is 7.80. The van der Waals surface area contributed by atoms with Crippen LogP contribution in [-0.4, -0.2) is 38.8 Å². The number of ether oxygens (including phenoxy) is 1. The quantitative estimate of drug-likeness (QED) is 0.438. The second kappa shape index (κ2) is 9.26. The number of benzene rings is 1. The second-order valence-corrected chi connectivity index (χ2v) is 9.90. The van der Waals surface area contributed by atoms with Crippen molar-refractivity contribution in [3.63, 3.8) is 0 Å². The molecule has 1 N–H and O–H groups in total. The molecule has 0 unspecified atom stereocenters. The molecule has 3 aromatic rings. The first kappa shape index (κ1) is 22.7. The number of aryl methyl sites for hydroxylation is 1. The lowest BCUT2D eigenvalue weighted by molar-refractivity contribution is 0.0842. The van der Waals surface area contributed by atoms with Gasteiger partial charge >= 0.3 is 0 Å². The molecule has 3 atom stereocenters. The van der Waals surface area contributed by atoms with Gasteiger partial charge in [0.25, 0.3) is 0 Å². The van der Waals surface area contributed by atoms with Crippen LogP contribution in [0, 0.1) is 13.8 Å². The van der Waals surface area contributed by atoms with Gasteiger partial charge in [-0.05, 0) is 80.9 Å². The number of aromatic nitrogens is 2. The minimum atomic E-state index is -0.0604. The summed E-state index contributed by atoms with van der Waals surface area (Å²) in [5.74, 6) is 0. The van der Waals surface area contributed by atoms with Gasteiger partial charge in [0.2, 0.25) is 0 Å². The van der Waals surface area contributed by atoms with Gasteiger partial charge in [0, 0.05) is 35.8 Å². The van der Waals surface area contributed by atoms with Gasteiger partial charge in [-0.15, -0.1) is 0 Å². The predicted octanol–water partition coefficient (Wildman–Crippen LogP) is 5.95. The molecule has 0 saturated carbocycles. The molecule has 33 heavy (non-hydrogen) atoms. The van der Waals surface area contributed by atoms with Gasteiger partial charge in [0.05, 0.1) is 34.6 Å². The zero-order valence-electron chi connectivity index (χ0n) is 18.6. The van der Waals surface area contributed by atoms with Crippen molar-refractivity contribution in [2.24, 2.45) is 0 Å². The summed E-state index contributed by atoms with van der Waals surface area (Å²) in [6.07, 6.45) is 4.16. The molecule has 0 spiro atoms. The van der Waals surface area contributed by atoms with E-state index in [0.717, 1.165) is 53.9 Å². The summed E-state index contributed by atoms with van der Waals surface area (Å²) in [6.45, 7) is 5.80. The molecule has 2 saturated heterocycles. The van der Waals surface area contributed by atoms with E-state index in [1.807, 2.05) is 30.5 Å². The van der Waals surface area contributed by atoms with Crippen LogP contribution in [0.2, 0.25) is 10.0 Å². The first-order valence-electron chi connectivity index (χ1n) is 11.2. The zero-order valence-corrected chi connectivity index (χ0v) is 20.9. The van der Waals surface area contributed by atoms with Crippen LogP contribution in [0.25, 0.3) is 5.69 Å². The maximum atomic E-state index is 6.59. The molecule has 2 fully saturated rings. The zero-order chi connectivity index (χ0) is 23.1. The minimum absolute atomic E-state index is 0.0115. The standard InChI is InChI=1S/C25H26Cl2N4OS/c1-15-12-19(16(2)31(15)22-9-8-17(26)13-20(22)27)24-23(21-7-3-4-10-28-21)29-25(33)30(24)14-18-6-5-11-32-18/h3-4,7-10,12-13,18,23-24H,5-6,11,14H2,1-2H3,(H,29,33)/t18-,23+,24-/m1/s1. The molecule has 0 amide bonds. The summed E-state index contributed by atoms with van der Waals surface area (Å²) < 4.78 is 8.15. The molecule has 1 aromatic carbocycles. The highest BCUT2D eigenvalue weighted by Crippen LogP contribution is 2.42. The molecule has 8 heteroatoms. The lowest BCUT2D eigenvalue weighted by atomic mass is 9.96. The number of hydrogen-bond acceptors (Lipinski definition) is 3. The van der Waals surface area contributed by atoms with Crippen molar-refractivity contribution in [3.05, 3.63) is 81.4 Å². The summed E-state index contributed by atoms with van der Waals surface area (Å²) in [5.41, 5.74) is 5.29. The third kappa shape index (κ3) is 4.26. The van der Waals surface area contributed by atoms with Gasteiger partial charge in [0.15, 0.2) is 5.11 Å². The van der Waals surface area contributed by atoms with E-state index in [2.05, 4.69) is 45.7 Å². The molecule has 2 aliphatic rings. The van der Waals surface area contributed by atoms with E-state index in [4.69, 9.17) is 40.2 Å². The van der Waals surface area contributed by atoms with E-state index in [1.54, 1.807) is 6.07 Å². The van der Waals surface area contributed by atoms with Crippen molar-refractivity contribution < 1.29 is 4.74 Å². The van der Waals surface area contributed by atoms with Crippen LogP contribution in [0.5, 0.6) is 0 Å². The Morgan fingerprint density at radius 2 is 2.03 bits per heavy atom. The van der Waals surface area contributed by atoms with E-state index < -0.39 is 0 Å². The van der Waals surface area contributed by atoms with Crippen molar-refractivity contribution in [2.45, 2.75) is 44.9 Å². The monoisotopic (exact) mass is 500 g/mol. The SMILES string of the molecule is Cc1cc([C@@H]2[C@H](c3ccccn3)NC(=S)N2C[C@H]2CCCO2)c(C)n1-c1ccc(Cl)cc1Cl. The van der Waals surface area contributed by atoms with Crippen molar-refractivity contribution in [3.8, 4) is 5.69 Å². The molecular formula is C25H26Cl2N4OS. The number of thiocarbonyl (C=S) groups is 1. The fourth-order valence-corrected chi connectivity index (χ4v) is 5.88. The van der Waals surface area contributed by atoms with Crippen LogP contribution >= 0.6 is 35.4 Å². The number of hydrogen-bond donors (Lipinski definition) is 1. The summed E-state index contributed by atoms with van der Waals surface area (Å²) >= 11 is 18.6. The Morgan fingerprint density at radius 3 is 2.73 bits per heavy atom. The number of nitrogens with one attached hydrogen (secondary N) is 1. The highest BCUT2D eigenvalue weighted by atomic mass is 35.5. The van der Waals surface area contributed by atoms with Gasteiger partial charge in [-0.25, -0.2) is 0 Å². The Hall–Kier alpha value is -2.12.